The van der Waals surface area contributed by atoms with Crippen molar-refractivity contribution in [2.75, 3.05) is 18.1 Å². The zero-order valence-electron chi connectivity index (χ0n) is 7.00. The summed E-state index contributed by atoms with van der Waals surface area (Å²) in [7, 11) is -2.94. The summed E-state index contributed by atoms with van der Waals surface area (Å²) in [6.07, 6.45) is 1.80. The minimum Gasteiger partial charge on any atom is -0.329 e. The molecule has 0 bridgehead atoms. The molecular weight excluding hydrogens is 162 g/mol. The monoisotopic (exact) mass is 177 g/mol. The van der Waals surface area contributed by atoms with Crippen molar-refractivity contribution in [3.8, 4) is 0 Å². The number of sulfone groups is 1. The summed E-state index contributed by atoms with van der Waals surface area (Å²) < 4.78 is 22.2. The summed E-state index contributed by atoms with van der Waals surface area (Å²) in [6.45, 7) is 3.83. The first-order chi connectivity index (χ1) is 5.02. The molecule has 4 heteroatoms. The maximum atomic E-state index is 11.1. The summed E-state index contributed by atoms with van der Waals surface area (Å²) in [5.41, 5.74) is 6.01. The Labute approximate surface area is 68.2 Å². The Morgan fingerprint density at radius 1 is 1.55 bits per heavy atom. The lowest BCUT2D eigenvalue weighted by Gasteiger charge is -2.01. The molecule has 0 heterocycles. The molecule has 0 atom stereocenters. The molecule has 0 aromatic heterocycles. The fourth-order valence-corrected chi connectivity index (χ4v) is 2.05. The molecule has 0 saturated heterocycles. The van der Waals surface area contributed by atoms with E-state index in [1.807, 2.05) is 6.92 Å². The quantitative estimate of drug-likeness (QED) is 0.629. The molecule has 0 aromatic carbocycles. The largest absolute Gasteiger partial charge is 0.329 e. The second kappa shape index (κ2) is 4.51. The van der Waals surface area contributed by atoms with Crippen molar-refractivity contribution in [3.63, 3.8) is 0 Å². The summed E-state index contributed by atoms with van der Waals surface area (Å²) in [5, 5.41) is 0. The number of nitrogens with two attached hydrogens (primary N) is 1. The van der Waals surface area contributed by atoms with E-state index in [9.17, 15) is 8.42 Å². The highest BCUT2D eigenvalue weighted by atomic mass is 32.2. The molecule has 0 rings (SSSR count). The molecule has 0 fully saturated rings. The fraction of sp³-hybridized carbons (Fsp3) is 0.714. The topological polar surface area (TPSA) is 60.2 Å². The maximum absolute atomic E-state index is 11.1. The van der Waals surface area contributed by atoms with Crippen LogP contribution in [0.25, 0.3) is 0 Å². The molecule has 0 unspecified atom stereocenters. The SMILES string of the molecule is C/C=C(\C)CS(=O)(=O)CCN. The first kappa shape index (κ1) is 10.7. The van der Waals surface area contributed by atoms with Crippen LogP contribution in [0.15, 0.2) is 11.6 Å². The standard InChI is InChI=1S/C7H15NO2S/c1-3-7(2)6-11(9,10)5-4-8/h3H,4-6,8H2,1-2H3/b7-3+. The number of hydrogen-bond donors (Lipinski definition) is 1. The Morgan fingerprint density at radius 3 is 2.45 bits per heavy atom. The van der Waals surface area contributed by atoms with Crippen LogP contribution in [-0.2, 0) is 9.84 Å². The first-order valence-electron chi connectivity index (χ1n) is 3.54. The predicted molar refractivity (Wildman–Crippen MR) is 47.1 cm³/mol. The Balaban J connectivity index is 4.14. The Bertz CT molecular complexity index is 229. The minimum atomic E-state index is -2.94. The van der Waals surface area contributed by atoms with Crippen molar-refractivity contribution in [3.05, 3.63) is 11.6 Å². The van der Waals surface area contributed by atoms with Gasteiger partial charge in [-0.05, 0) is 13.8 Å². The maximum Gasteiger partial charge on any atom is 0.155 e. The number of rotatable bonds is 4. The number of allylic oxidation sites excluding steroid dienone is 1. The van der Waals surface area contributed by atoms with E-state index < -0.39 is 9.84 Å². The molecule has 11 heavy (non-hydrogen) atoms. The molecule has 0 aliphatic heterocycles. The van der Waals surface area contributed by atoms with Gasteiger partial charge in [0.1, 0.15) is 0 Å². The van der Waals surface area contributed by atoms with E-state index in [0.29, 0.717) is 0 Å². The zero-order chi connectivity index (χ0) is 8.91. The molecule has 3 nitrogen and oxygen atoms in total. The summed E-state index contributed by atoms with van der Waals surface area (Å²) in [4.78, 5) is 0. The van der Waals surface area contributed by atoms with Gasteiger partial charge in [0.2, 0.25) is 0 Å². The van der Waals surface area contributed by atoms with Gasteiger partial charge < -0.3 is 5.73 Å². The van der Waals surface area contributed by atoms with Crippen molar-refractivity contribution in [1.29, 1.82) is 0 Å². The highest BCUT2D eigenvalue weighted by Gasteiger charge is 2.08. The van der Waals surface area contributed by atoms with Crippen LogP contribution in [0.1, 0.15) is 13.8 Å². The van der Waals surface area contributed by atoms with Gasteiger partial charge >= 0.3 is 0 Å². The van der Waals surface area contributed by atoms with Gasteiger partial charge in [-0.1, -0.05) is 11.6 Å². The van der Waals surface area contributed by atoms with Gasteiger partial charge in [0.25, 0.3) is 0 Å². The van der Waals surface area contributed by atoms with Crippen molar-refractivity contribution >= 4 is 9.84 Å². The van der Waals surface area contributed by atoms with Gasteiger partial charge in [0.05, 0.1) is 11.5 Å². The van der Waals surface area contributed by atoms with Crippen LogP contribution in [0.3, 0.4) is 0 Å². The van der Waals surface area contributed by atoms with Crippen molar-refractivity contribution in [2.24, 2.45) is 5.73 Å². The van der Waals surface area contributed by atoms with E-state index >= 15 is 0 Å². The number of hydrogen-bond acceptors (Lipinski definition) is 3. The van der Waals surface area contributed by atoms with Gasteiger partial charge in [-0.15, -0.1) is 0 Å². The van der Waals surface area contributed by atoms with E-state index in [1.165, 1.54) is 0 Å². The molecule has 0 aliphatic carbocycles. The molecule has 66 valence electrons. The molecule has 0 amide bonds. The predicted octanol–water partition coefficient (Wildman–Crippen LogP) is 0.326. The highest BCUT2D eigenvalue weighted by molar-refractivity contribution is 7.91. The van der Waals surface area contributed by atoms with Gasteiger partial charge in [-0.25, -0.2) is 8.42 Å². The molecule has 0 aromatic rings. The third-order valence-corrected chi connectivity index (χ3v) is 3.12. The van der Waals surface area contributed by atoms with Gasteiger partial charge in [-0.2, -0.15) is 0 Å². The lowest BCUT2D eigenvalue weighted by atomic mass is 10.3. The third kappa shape index (κ3) is 4.98. The van der Waals surface area contributed by atoms with E-state index in [-0.39, 0.29) is 18.1 Å². The smallest absolute Gasteiger partial charge is 0.155 e. The first-order valence-corrected chi connectivity index (χ1v) is 5.36. The summed E-state index contributed by atoms with van der Waals surface area (Å²) in [5.74, 6) is 0.221. The van der Waals surface area contributed by atoms with Crippen LogP contribution in [0, 0.1) is 0 Å². The average molecular weight is 177 g/mol. The van der Waals surface area contributed by atoms with Crippen molar-refractivity contribution < 1.29 is 8.42 Å². The van der Waals surface area contributed by atoms with Crippen LogP contribution in [0.5, 0.6) is 0 Å². The summed E-state index contributed by atoms with van der Waals surface area (Å²) in [6, 6.07) is 0. The van der Waals surface area contributed by atoms with E-state index in [1.54, 1.807) is 13.0 Å². The summed E-state index contributed by atoms with van der Waals surface area (Å²) >= 11 is 0. The van der Waals surface area contributed by atoms with Gasteiger partial charge in [-0.3, -0.25) is 0 Å². The van der Waals surface area contributed by atoms with Crippen molar-refractivity contribution in [1.82, 2.24) is 0 Å². The van der Waals surface area contributed by atoms with Crippen LogP contribution in [0.2, 0.25) is 0 Å². The van der Waals surface area contributed by atoms with Crippen LogP contribution in [-0.4, -0.2) is 26.5 Å². The lowest BCUT2D eigenvalue weighted by Crippen LogP contribution is -2.18. The lowest BCUT2D eigenvalue weighted by molar-refractivity contribution is 0.598. The third-order valence-electron chi connectivity index (χ3n) is 1.37. The Morgan fingerprint density at radius 2 is 2.09 bits per heavy atom. The van der Waals surface area contributed by atoms with Crippen LogP contribution >= 0.6 is 0 Å². The second-order valence-electron chi connectivity index (χ2n) is 2.52. The highest BCUT2D eigenvalue weighted by Crippen LogP contribution is 1.99. The normalized spacial score (nSPS) is 13.5. The molecule has 0 radical (unpaired) electrons. The molecule has 2 N–H and O–H groups in total. The Kier molecular flexibility index (Phi) is 4.37. The molecule has 0 saturated carbocycles. The fourth-order valence-electron chi connectivity index (χ4n) is 0.682. The van der Waals surface area contributed by atoms with E-state index in [4.69, 9.17) is 5.73 Å². The second-order valence-corrected chi connectivity index (χ2v) is 4.70. The average Bonchev–Trinajstić information content (AvgIpc) is 1.86. The van der Waals surface area contributed by atoms with Crippen LogP contribution in [0.4, 0.5) is 0 Å². The molecule has 0 aliphatic rings. The molecule has 0 spiro atoms. The van der Waals surface area contributed by atoms with E-state index in [2.05, 4.69) is 0 Å². The van der Waals surface area contributed by atoms with E-state index in [0.717, 1.165) is 5.57 Å². The van der Waals surface area contributed by atoms with Gasteiger partial charge in [0.15, 0.2) is 9.84 Å². The molecular formula is C7H15NO2S. The Hall–Kier alpha value is -0.350. The van der Waals surface area contributed by atoms with Crippen molar-refractivity contribution in [2.45, 2.75) is 13.8 Å². The van der Waals surface area contributed by atoms with Gasteiger partial charge in [0, 0.05) is 6.54 Å². The van der Waals surface area contributed by atoms with Crippen LogP contribution < -0.4 is 5.73 Å². The minimum absolute atomic E-state index is 0.0815. The zero-order valence-corrected chi connectivity index (χ0v) is 7.82.